The minimum absolute atomic E-state index is 0.0172. The maximum absolute atomic E-state index is 12.3. The Balaban J connectivity index is 2.93. The smallest absolute Gasteiger partial charge is 0.223 e. The molecule has 0 radical (unpaired) electrons. The Kier molecular flexibility index (Phi) is 5.91. The van der Waals surface area contributed by atoms with Crippen molar-refractivity contribution in [2.24, 2.45) is 5.73 Å². The molecule has 1 aromatic carbocycles. The van der Waals surface area contributed by atoms with Crippen molar-refractivity contribution < 1.29 is 8.42 Å². The number of hydrogen-bond acceptors (Lipinski definition) is 3. The van der Waals surface area contributed by atoms with Crippen LogP contribution in [0.25, 0.3) is 0 Å². The number of benzene rings is 1. The van der Waals surface area contributed by atoms with Crippen LogP contribution in [0.3, 0.4) is 0 Å². The van der Waals surface area contributed by atoms with Gasteiger partial charge in [-0.1, -0.05) is 47.2 Å². The average molecular weight is 365 g/mol. The van der Waals surface area contributed by atoms with E-state index in [2.05, 4.69) is 15.9 Å². The highest BCUT2D eigenvalue weighted by atomic mass is 79.9. The van der Waals surface area contributed by atoms with Crippen LogP contribution in [0.5, 0.6) is 0 Å². The molecule has 0 heterocycles. The summed E-state index contributed by atoms with van der Waals surface area (Å²) in [5.41, 5.74) is 6.41. The van der Waals surface area contributed by atoms with Crippen LogP contribution in [0, 0.1) is 0 Å². The first-order valence-electron chi connectivity index (χ1n) is 5.78. The summed E-state index contributed by atoms with van der Waals surface area (Å²) in [6.45, 7) is 2.05. The zero-order valence-corrected chi connectivity index (χ0v) is 14.1. The number of thiocarbonyl (C=S) groups is 1. The van der Waals surface area contributed by atoms with Crippen LogP contribution in [0.15, 0.2) is 28.7 Å². The fraction of sp³-hybridized carbons (Fsp3) is 0.417. The Morgan fingerprint density at radius 2 is 2.16 bits per heavy atom. The molecule has 0 fully saturated rings. The van der Waals surface area contributed by atoms with Gasteiger partial charge < -0.3 is 5.73 Å². The van der Waals surface area contributed by atoms with E-state index >= 15 is 0 Å². The Morgan fingerprint density at radius 3 is 2.63 bits per heavy atom. The summed E-state index contributed by atoms with van der Waals surface area (Å²) in [4.78, 5) is 0.0172. The van der Waals surface area contributed by atoms with Gasteiger partial charge in [0.1, 0.15) is 5.25 Å². The van der Waals surface area contributed by atoms with Crippen molar-refractivity contribution in [3.05, 3.63) is 34.3 Å². The number of sulfonamides is 1. The second kappa shape index (κ2) is 6.78. The SMILES string of the molecule is CCC(C(N)=S)S(=O)(=O)N(C)Cc1cccc(Br)c1. The van der Waals surface area contributed by atoms with Crippen molar-refractivity contribution in [1.82, 2.24) is 4.31 Å². The number of hydrogen-bond donors (Lipinski definition) is 1. The molecule has 1 atom stereocenters. The van der Waals surface area contributed by atoms with E-state index in [0.29, 0.717) is 13.0 Å². The van der Waals surface area contributed by atoms with Crippen LogP contribution in [0.4, 0.5) is 0 Å². The summed E-state index contributed by atoms with van der Waals surface area (Å²) in [6.07, 6.45) is 0.375. The summed E-state index contributed by atoms with van der Waals surface area (Å²) in [6, 6.07) is 7.51. The molecule has 0 bridgehead atoms. The van der Waals surface area contributed by atoms with E-state index in [1.807, 2.05) is 24.3 Å². The Labute approximate surface area is 128 Å². The first-order chi connectivity index (χ1) is 8.78. The van der Waals surface area contributed by atoms with Crippen LogP contribution in [-0.2, 0) is 16.6 Å². The summed E-state index contributed by atoms with van der Waals surface area (Å²) in [5.74, 6) is 0. The minimum atomic E-state index is -3.51. The maximum Gasteiger partial charge on any atom is 0.223 e. The highest BCUT2D eigenvalue weighted by Crippen LogP contribution is 2.17. The van der Waals surface area contributed by atoms with Gasteiger partial charge in [0, 0.05) is 18.1 Å². The van der Waals surface area contributed by atoms with Crippen LogP contribution < -0.4 is 5.73 Å². The van der Waals surface area contributed by atoms with Crippen molar-refractivity contribution in [2.45, 2.75) is 25.1 Å². The largest absolute Gasteiger partial charge is 0.392 e. The molecular formula is C12H17BrN2O2S2. The molecule has 0 aliphatic carbocycles. The topological polar surface area (TPSA) is 63.4 Å². The molecule has 1 rings (SSSR count). The normalized spacial score (nSPS) is 13.5. The lowest BCUT2D eigenvalue weighted by molar-refractivity contribution is 0.461. The first-order valence-corrected chi connectivity index (χ1v) is 8.48. The van der Waals surface area contributed by atoms with E-state index in [9.17, 15) is 8.42 Å². The number of halogens is 1. The highest BCUT2D eigenvalue weighted by molar-refractivity contribution is 9.10. The van der Waals surface area contributed by atoms with Crippen LogP contribution >= 0.6 is 28.1 Å². The predicted molar refractivity (Wildman–Crippen MR) is 85.4 cm³/mol. The van der Waals surface area contributed by atoms with Gasteiger partial charge in [0.15, 0.2) is 0 Å². The Morgan fingerprint density at radius 1 is 1.53 bits per heavy atom. The molecule has 0 spiro atoms. The third-order valence-electron chi connectivity index (χ3n) is 2.78. The third kappa shape index (κ3) is 4.24. The molecule has 0 aromatic heterocycles. The van der Waals surface area contributed by atoms with Crippen molar-refractivity contribution in [2.75, 3.05) is 7.05 Å². The van der Waals surface area contributed by atoms with Gasteiger partial charge >= 0.3 is 0 Å². The molecule has 1 aromatic rings. The molecule has 106 valence electrons. The third-order valence-corrected chi connectivity index (χ3v) is 6.01. The summed E-state index contributed by atoms with van der Waals surface area (Å²) in [5, 5.41) is -0.806. The molecule has 1 unspecified atom stereocenters. The first kappa shape index (κ1) is 16.6. The predicted octanol–water partition coefficient (Wildman–Crippen LogP) is 2.28. The van der Waals surface area contributed by atoms with Crippen molar-refractivity contribution in [3.63, 3.8) is 0 Å². The fourth-order valence-electron chi connectivity index (χ4n) is 1.76. The van der Waals surface area contributed by atoms with Crippen molar-refractivity contribution >= 4 is 43.2 Å². The van der Waals surface area contributed by atoms with Crippen molar-refractivity contribution in [3.8, 4) is 0 Å². The van der Waals surface area contributed by atoms with Gasteiger partial charge in [-0.3, -0.25) is 0 Å². The van der Waals surface area contributed by atoms with Gasteiger partial charge in [0.05, 0.1) is 4.99 Å². The van der Waals surface area contributed by atoms with Gasteiger partial charge in [-0.15, -0.1) is 0 Å². The molecule has 7 heteroatoms. The maximum atomic E-state index is 12.3. The quantitative estimate of drug-likeness (QED) is 0.786. The summed E-state index contributed by atoms with van der Waals surface area (Å²) in [7, 11) is -1.97. The summed E-state index contributed by atoms with van der Waals surface area (Å²) >= 11 is 8.19. The minimum Gasteiger partial charge on any atom is -0.392 e. The number of nitrogens with zero attached hydrogens (tertiary/aromatic N) is 1. The second-order valence-electron chi connectivity index (χ2n) is 4.23. The fourth-order valence-corrected chi connectivity index (χ4v) is 4.21. The Hall–Kier alpha value is -0.500. The number of rotatable bonds is 6. The Bertz CT molecular complexity index is 561. The monoisotopic (exact) mass is 364 g/mol. The molecule has 0 amide bonds. The molecule has 19 heavy (non-hydrogen) atoms. The zero-order chi connectivity index (χ0) is 14.6. The van der Waals surface area contributed by atoms with E-state index in [-0.39, 0.29) is 4.99 Å². The molecule has 0 aliphatic rings. The van der Waals surface area contributed by atoms with Crippen LogP contribution in [0.2, 0.25) is 0 Å². The molecule has 0 saturated heterocycles. The van der Waals surface area contributed by atoms with E-state index in [1.165, 1.54) is 11.4 Å². The van der Waals surface area contributed by atoms with Crippen LogP contribution in [0.1, 0.15) is 18.9 Å². The lowest BCUT2D eigenvalue weighted by atomic mass is 10.2. The van der Waals surface area contributed by atoms with Gasteiger partial charge in [0.2, 0.25) is 10.0 Å². The van der Waals surface area contributed by atoms with E-state index < -0.39 is 15.3 Å². The molecule has 4 nitrogen and oxygen atoms in total. The summed E-state index contributed by atoms with van der Waals surface area (Å²) < 4.78 is 26.9. The number of nitrogens with two attached hydrogens (primary N) is 1. The molecule has 0 aliphatic heterocycles. The zero-order valence-electron chi connectivity index (χ0n) is 10.8. The highest BCUT2D eigenvalue weighted by Gasteiger charge is 2.30. The molecule has 2 N–H and O–H groups in total. The standard InChI is InChI=1S/C12H17BrN2O2S2/c1-3-11(12(14)18)19(16,17)15(2)8-9-5-4-6-10(13)7-9/h4-7,11H,3,8H2,1-2H3,(H2,14,18). The van der Waals surface area contributed by atoms with Gasteiger partial charge in [-0.2, -0.15) is 4.31 Å². The van der Waals surface area contributed by atoms with Crippen LogP contribution in [-0.4, -0.2) is 30.0 Å². The molecular weight excluding hydrogens is 348 g/mol. The van der Waals surface area contributed by atoms with Gasteiger partial charge in [-0.05, 0) is 24.1 Å². The van der Waals surface area contributed by atoms with E-state index in [4.69, 9.17) is 18.0 Å². The van der Waals surface area contributed by atoms with E-state index in [0.717, 1.165) is 10.0 Å². The van der Waals surface area contributed by atoms with E-state index in [1.54, 1.807) is 6.92 Å². The molecule has 0 saturated carbocycles. The van der Waals surface area contributed by atoms with Gasteiger partial charge in [0.25, 0.3) is 0 Å². The second-order valence-corrected chi connectivity index (χ2v) is 7.84. The van der Waals surface area contributed by atoms with Crippen molar-refractivity contribution in [1.29, 1.82) is 0 Å². The average Bonchev–Trinajstić information content (AvgIpc) is 2.28. The lowest BCUT2D eigenvalue weighted by Crippen LogP contribution is -2.42. The van der Waals surface area contributed by atoms with Gasteiger partial charge in [-0.25, -0.2) is 8.42 Å². The lowest BCUT2D eigenvalue weighted by Gasteiger charge is -2.23.